The highest BCUT2D eigenvalue weighted by molar-refractivity contribution is 5.73. The lowest BCUT2D eigenvalue weighted by atomic mass is 10.0. The van der Waals surface area contributed by atoms with Crippen molar-refractivity contribution in [1.29, 1.82) is 0 Å². The predicted octanol–water partition coefficient (Wildman–Crippen LogP) is 3.33. The summed E-state index contributed by atoms with van der Waals surface area (Å²) in [6.45, 7) is 6.41. The molecule has 65 heavy (non-hydrogen) atoms. The van der Waals surface area contributed by atoms with Gasteiger partial charge in [0, 0.05) is 88.5 Å². The average Bonchev–Trinajstić information content (AvgIpc) is 3.29. The number of carbonyl (C=O) groups is 1. The number of nitrogens with one attached hydrogen (secondary N) is 6. The normalized spacial score (nSPS) is 14.3. The molecule has 0 aliphatic carbocycles. The fourth-order valence-electron chi connectivity index (χ4n) is 7.72. The molecule has 5 aromatic carbocycles. The van der Waals surface area contributed by atoms with Gasteiger partial charge in [0.05, 0.1) is 0 Å². The fraction of sp³-hybridized carbons (Fsp3) is 0.392. The van der Waals surface area contributed by atoms with Gasteiger partial charge in [0.1, 0.15) is 28.7 Å². The first-order chi connectivity index (χ1) is 31.3. The summed E-state index contributed by atoms with van der Waals surface area (Å²) in [7, 11) is 0. The maximum Gasteiger partial charge on any atom is 0.218 e. The van der Waals surface area contributed by atoms with Gasteiger partial charge in [-0.2, -0.15) is 0 Å². The second-order valence-corrected chi connectivity index (χ2v) is 17.3. The van der Waals surface area contributed by atoms with Crippen molar-refractivity contribution >= 4 is 5.91 Å². The van der Waals surface area contributed by atoms with Gasteiger partial charge in [-0.1, -0.05) is 60.7 Å². The van der Waals surface area contributed by atoms with Gasteiger partial charge in [-0.15, -0.1) is 0 Å². The first-order valence-electron chi connectivity index (χ1n) is 22.7. The SMILES string of the molecule is C[C@H](CNC(CN[C@@H](CN[C@@H](CN[C@@H](CNCCC(N)=O)Cc1ccc(O)cc1)Cc1ccc(O)cc1)Cc1ccc(O)cc1)Cc1ccc(O)cc1)NCC(N)Cc1ccc(O)cc1. The third kappa shape index (κ3) is 19.9. The van der Waals surface area contributed by atoms with Crippen LogP contribution in [0.5, 0.6) is 28.7 Å². The number of nitrogens with two attached hydrogens (primary N) is 2. The quantitative estimate of drug-likeness (QED) is 0.0297. The molecule has 15 N–H and O–H groups in total. The van der Waals surface area contributed by atoms with E-state index in [1.807, 2.05) is 60.7 Å². The number of primary amides is 1. The van der Waals surface area contributed by atoms with Crippen molar-refractivity contribution in [2.24, 2.45) is 11.5 Å². The van der Waals surface area contributed by atoms with Crippen LogP contribution in [0.15, 0.2) is 121 Å². The molecular formula is C51H70N8O6. The number of hydrogen-bond acceptors (Lipinski definition) is 13. The molecular weight excluding hydrogens is 821 g/mol. The molecule has 14 nitrogen and oxygen atoms in total. The van der Waals surface area contributed by atoms with Crippen LogP contribution in [0, 0.1) is 0 Å². The fourth-order valence-corrected chi connectivity index (χ4v) is 7.72. The van der Waals surface area contributed by atoms with Gasteiger partial charge in [-0.25, -0.2) is 0 Å². The Hall–Kier alpha value is -5.71. The van der Waals surface area contributed by atoms with Gasteiger partial charge >= 0.3 is 0 Å². The minimum absolute atomic E-state index is 0.000992. The molecule has 0 aliphatic heterocycles. The minimum Gasteiger partial charge on any atom is -0.508 e. The number of phenolic OH excluding ortho intramolecular Hbond substituents is 5. The summed E-state index contributed by atoms with van der Waals surface area (Å²) in [6.07, 6.45) is 3.74. The largest absolute Gasteiger partial charge is 0.508 e. The van der Waals surface area contributed by atoms with Gasteiger partial charge in [0.15, 0.2) is 0 Å². The van der Waals surface area contributed by atoms with E-state index in [1.54, 1.807) is 60.7 Å². The lowest BCUT2D eigenvalue weighted by molar-refractivity contribution is -0.117. The summed E-state index contributed by atoms with van der Waals surface area (Å²) in [5.74, 6) is 0.729. The van der Waals surface area contributed by atoms with Crippen LogP contribution in [0.2, 0.25) is 0 Å². The molecule has 0 aliphatic rings. The third-order valence-corrected chi connectivity index (χ3v) is 11.4. The Bertz CT molecular complexity index is 2090. The zero-order valence-electron chi connectivity index (χ0n) is 37.5. The van der Waals surface area contributed by atoms with E-state index in [4.69, 9.17) is 11.5 Å². The molecule has 5 rings (SSSR count). The van der Waals surface area contributed by atoms with Crippen LogP contribution in [0.3, 0.4) is 0 Å². The molecule has 0 spiro atoms. The Kier molecular flexibility index (Phi) is 20.8. The van der Waals surface area contributed by atoms with Crippen molar-refractivity contribution in [2.45, 2.75) is 81.7 Å². The third-order valence-electron chi connectivity index (χ3n) is 11.4. The van der Waals surface area contributed by atoms with Gasteiger partial charge in [0.2, 0.25) is 5.91 Å². The zero-order chi connectivity index (χ0) is 46.4. The minimum atomic E-state index is -0.359. The molecule has 0 bridgehead atoms. The molecule has 14 heteroatoms. The van der Waals surface area contributed by atoms with E-state index in [0.717, 1.165) is 34.2 Å². The molecule has 6 atom stereocenters. The Morgan fingerprint density at radius 2 is 0.723 bits per heavy atom. The summed E-state index contributed by atoms with van der Waals surface area (Å²) in [4.78, 5) is 11.4. The summed E-state index contributed by atoms with van der Waals surface area (Å²) >= 11 is 0. The van der Waals surface area contributed by atoms with E-state index in [-0.39, 0.29) is 77.3 Å². The van der Waals surface area contributed by atoms with Gasteiger partial charge in [-0.3, -0.25) is 4.79 Å². The van der Waals surface area contributed by atoms with Crippen molar-refractivity contribution in [3.05, 3.63) is 149 Å². The van der Waals surface area contributed by atoms with E-state index < -0.39 is 0 Å². The number of aromatic hydroxyl groups is 5. The van der Waals surface area contributed by atoms with E-state index in [0.29, 0.717) is 71.5 Å². The second-order valence-electron chi connectivity index (χ2n) is 17.3. The molecule has 0 fully saturated rings. The monoisotopic (exact) mass is 891 g/mol. The van der Waals surface area contributed by atoms with Crippen LogP contribution in [-0.2, 0) is 36.9 Å². The molecule has 0 heterocycles. The zero-order valence-corrected chi connectivity index (χ0v) is 37.5. The Morgan fingerprint density at radius 3 is 1.05 bits per heavy atom. The topological polar surface area (TPSA) is 242 Å². The lowest BCUT2D eigenvalue weighted by Crippen LogP contribution is -2.53. The molecule has 350 valence electrons. The summed E-state index contributed by atoms with van der Waals surface area (Å²) < 4.78 is 0. The van der Waals surface area contributed by atoms with Crippen molar-refractivity contribution < 1.29 is 30.3 Å². The number of phenols is 5. The van der Waals surface area contributed by atoms with E-state index in [9.17, 15) is 30.3 Å². The van der Waals surface area contributed by atoms with Gasteiger partial charge < -0.3 is 68.9 Å². The number of benzene rings is 5. The number of carbonyl (C=O) groups excluding carboxylic acids is 1. The molecule has 0 saturated heterocycles. The molecule has 1 amide bonds. The van der Waals surface area contributed by atoms with Crippen LogP contribution in [-0.4, -0.2) is 114 Å². The average molecular weight is 891 g/mol. The first-order valence-corrected chi connectivity index (χ1v) is 22.7. The highest BCUT2D eigenvalue weighted by atomic mass is 16.3. The summed E-state index contributed by atoms with van der Waals surface area (Å²) in [5, 5.41) is 71.9. The van der Waals surface area contributed by atoms with E-state index in [2.05, 4.69) is 38.8 Å². The second kappa shape index (κ2) is 26.9. The highest BCUT2D eigenvalue weighted by Gasteiger charge is 2.20. The molecule has 2 unspecified atom stereocenters. The predicted molar refractivity (Wildman–Crippen MR) is 258 cm³/mol. The van der Waals surface area contributed by atoms with Crippen LogP contribution < -0.4 is 43.4 Å². The van der Waals surface area contributed by atoms with Crippen molar-refractivity contribution in [3.63, 3.8) is 0 Å². The Labute approximate surface area is 383 Å². The number of rotatable bonds is 30. The van der Waals surface area contributed by atoms with Crippen LogP contribution >= 0.6 is 0 Å². The van der Waals surface area contributed by atoms with Crippen LogP contribution in [0.4, 0.5) is 0 Å². The summed E-state index contributed by atoms with van der Waals surface area (Å²) in [5.41, 5.74) is 17.3. The van der Waals surface area contributed by atoms with Crippen LogP contribution in [0.25, 0.3) is 0 Å². The molecule has 5 aromatic rings. The van der Waals surface area contributed by atoms with E-state index in [1.165, 1.54) is 0 Å². The molecule has 0 radical (unpaired) electrons. The van der Waals surface area contributed by atoms with Gasteiger partial charge in [-0.05, 0) is 128 Å². The summed E-state index contributed by atoms with van der Waals surface area (Å²) in [6, 6.07) is 36.3. The van der Waals surface area contributed by atoms with Crippen molar-refractivity contribution in [2.75, 3.05) is 45.8 Å². The Morgan fingerprint density at radius 1 is 0.431 bits per heavy atom. The standard InChI is InChI=1S/C51H70N8O6/c1-35(55-30-41(52)24-36-2-12-46(60)13-3-36)29-56-43(26-38-6-16-48(62)17-7-38)32-58-45(28-40-10-20-50(64)21-11-40)34-59-44(27-39-8-18-49(63)19-9-39)33-57-42(31-54-23-22-51(53)65)25-37-4-14-47(61)15-5-37/h2-21,35,41-45,54-64H,22-34,52H2,1H3,(H2,53,65)/t35-,41?,42-,43?,44-,45-/m1/s1. The smallest absolute Gasteiger partial charge is 0.218 e. The van der Waals surface area contributed by atoms with Crippen LogP contribution in [0.1, 0.15) is 41.2 Å². The first kappa shape index (κ1) is 50.3. The number of amides is 1. The molecule has 0 saturated carbocycles. The Balaban J connectivity index is 1.27. The van der Waals surface area contributed by atoms with Crippen molar-refractivity contribution in [3.8, 4) is 28.7 Å². The van der Waals surface area contributed by atoms with Crippen molar-refractivity contribution in [1.82, 2.24) is 31.9 Å². The maximum absolute atomic E-state index is 11.4. The van der Waals surface area contributed by atoms with Gasteiger partial charge in [0.25, 0.3) is 0 Å². The van der Waals surface area contributed by atoms with E-state index >= 15 is 0 Å². The number of hydrogen-bond donors (Lipinski definition) is 13. The molecule has 0 aromatic heterocycles. The maximum atomic E-state index is 11.4. The lowest BCUT2D eigenvalue weighted by Gasteiger charge is -2.29. The highest BCUT2D eigenvalue weighted by Crippen LogP contribution is 2.16.